The number of carbonyl (C=O) groups is 1. The summed E-state index contributed by atoms with van der Waals surface area (Å²) in [6.07, 6.45) is 1.60. The molecule has 0 spiro atoms. The van der Waals surface area contributed by atoms with Crippen molar-refractivity contribution in [1.29, 1.82) is 0 Å². The minimum absolute atomic E-state index is 0.0577. The summed E-state index contributed by atoms with van der Waals surface area (Å²) in [5, 5.41) is 1.14. The molecule has 4 nitrogen and oxygen atoms in total. The first-order valence-corrected chi connectivity index (χ1v) is 10.3. The van der Waals surface area contributed by atoms with Crippen molar-refractivity contribution in [3.8, 4) is 5.75 Å². The number of aromatic nitrogens is 1. The maximum atomic E-state index is 12.9. The topological polar surface area (TPSA) is 42.4 Å². The Bertz CT molecular complexity index is 919. The highest BCUT2D eigenvalue weighted by Gasteiger charge is 2.30. The number of likely N-dealkylation sites (tertiary alicyclic amines) is 1. The van der Waals surface area contributed by atoms with E-state index in [9.17, 15) is 4.79 Å². The molecular weight excluding hydrogens is 356 g/mol. The van der Waals surface area contributed by atoms with E-state index < -0.39 is 6.10 Å². The van der Waals surface area contributed by atoms with Gasteiger partial charge in [0.15, 0.2) is 6.10 Å². The number of aryl methyl sites for hydroxylation is 1. The van der Waals surface area contributed by atoms with Crippen LogP contribution in [0.4, 0.5) is 0 Å². The van der Waals surface area contributed by atoms with Gasteiger partial charge in [-0.1, -0.05) is 24.3 Å². The molecule has 3 aromatic rings. The number of hydrogen-bond donors (Lipinski definition) is 0. The van der Waals surface area contributed by atoms with Gasteiger partial charge in [0.2, 0.25) is 0 Å². The average molecular weight is 381 g/mol. The van der Waals surface area contributed by atoms with Gasteiger partial charge >= 0.3 is 0 Å². The molecule has 1 fully saturated rings. The zero-order valence-electron chi connectivity index (χ0n) is 15.7. The molecule has 2 heterocycles. The standard InChI is InChI=1S/C22H24N2O2S/c1-15-7-5-9-18(13-15)26-16(2)22(25)24-12-6-8-17(14-24)21-23-19-10-3-4-11-20(19)27-21/h3-5,7,9-11,13,16-17H,6,8,12,14H2,1-2H3. The lowest BCUT2D eigenvalue weighted by molar-refractivity contribution is -0.139. The lowest BCUT2D eigenvalue weighted by Crippen LogP contribution is -2.45. The number of rotatable bonds is 4. The van der Waals surface area contributed by atoms with Crippen LogP contribution < -0.4 is 4.74 Å². The largest absolute Gasteiger partial charge is 0.481 e. The SMILES string of the molecule is Cc1cccc(OC(C)C(=O)N2CCCC(c3nc4ccccc4s3)C2)c1. The van der Waals surface area contributed by atoms with E-state index in [1.54, 1.807) is 11.3 Å². The predicted octanol–water partition coefficient (Wildman–Crippen LogP) is 4.78. The molecule has 2 atom stereocenters. The fourth-order valence-electron chi connectivity index (χ4n) is 3.64. The van der Waals surface area contributed by atoms with Gasteiger partial charge in [-0.05, 0) is 56.5 Å². The molecule has 1 aliphatic rings. The van der Waals surface area contributed by atoms with Crippen LogP contribution in [0.15, 0.2) is 48.5 Å². The van der Waals surface area contributed by atoms with Crippen LogP contribution in [0.25, 0.3) is 10.2 Å². The Balaban J connectivity index is 1.44. The third-order valence-corrected chi connectivity index (χ3v) is 6.24. The Morgan fingerprint density at radius 1 is 1.26 bits per heavy atom. The van der Waals surface area contributed by atoms with Crippen LogP contribution in [0.1, 0.15) is 36.3 Å². The molecule has 5 heteroatoms. The molecule has 2 unspecified atom stereocenters. The van der Waals surface area contributed by atoms with Crippen LogP contribution >= 0.6 is 11.3 Å². The number of nitrogens with zero attached hydrogens (tertiary/aromatic N) is 2. The van der Waals surface area contributed by atoms with Crippen LogP contribution in [-0.4, -0.2) is 35.0 Å². The van der Waals surface area contributed by atoms with Gasteiger partial charge in [0.05, 0.1) is 15.2 Å². The fourth-order valence-corrected chi connectivity index (χ4v) is 4.74. The molecule has 0 saturated carbocycles. The van der Waals surface area contributed by atoms with Crippen molar-refractivity contribution in [2.75, 3.05) is 13.1 Å². The summed E-state index contributed by atoms with van der Waals surface area (Å²) < 4.78 is 7.11. The van der Waals surface area contributed by atoms with Crippen LogP contribution in [0.5, 0.6) is 5.75 Å². The second-order valence-corrected chi connectivity index (χ2v) is 8.28. The second kappa shape index (κ2) is 7.69. The van der Waals surface area contributed by atoms with E-state index >= 15 is 0 Å². The third kappa shape index (κ3) is 3.98. The number of ether oxygens (including phenoxy) is 1. The molecule has 0 bridgehead atoms. The number of amides is 1. The lowest BCUT2D eigenvalue weighted by atomic mass is 9.98. The molecule has 27 heavy (non-hydrogen) atoms. The van der Waals surface area contributed by atoms with Gasteiger partial charge < -0.3 is 9.64 Å². The summed E-state index contributed by atoms with van der Waals surface area (Å²) >= 11 is 1.75. The maximum absolute atomic E-state index is 12.9. The smallest absolute Gasteiger partial charge is 0.263 e. The summed E-state index contributed by atoms with van der Waals surface area (Å²) in [6, 6.07) is 16.1. The molecule has 1 aliphatic heterocycles. The highest BCUT2D eigenvalue weighted by atomic mass is 32.1. The van der Waals surface area contributed by atoms with Crippen LogP contribution in [0.2, 0.25) is 0 Å². The van der Waals surface area contributed by atoms with E-state index in [0.29, 0.717) is 5.92 Å². The quantitative estimate of drug-likeness (QED) is 0.654. The first-order valence-electron chi connectivity index (χ1n) is 9.48. The summed E-state index contributed by atoms with van der Waals surface area (Å²) in [5.74, 6) is 1.11. The van der Waals surface area contributed by atoms with Crippen LogP contribution in [0.3, 0.4) is 0 Å². The minimum Gasteiger partial charge on any atom is -0.481 e. The van der Waals surface area contributed by atoms with Gasteiger partial charge in [-0.25, -0.2) is 4.98 Å². The summed E-state index contributed by atoms with van der Waals surface area (Å²) in [7, 11) is 0. The molecular formula is C22H24N2O2S. The maximum Gasteiger partial charge on any atom is 0.263 e. The minimum atomic E-state index is -0.485. The molecule has 1 amide bonds. The monoisotopic (exact) mass is 380 g/mol. The number of fused-ring (bicyclic) bond motifs is 1. The number of para-hydroxylation sites is 1. The van der Waals surface area contributed by atoms with E-state index in [0.717, 1.165) is 47.8 Å². The molecule has 0 N–H and O–H groups in total. The van der Waals surface area contributed by atoms with E-state index in [2.05, 4.69) is 12.1 Å². The van der Waals surface area contributed by atoms with Crippen molar-refractivity contribution in [1.82, 2.24) is 9.88 Å². The summed E-state index contributed by atoms with van der Waals surface area (Å²) in [5.41, 5.74) is 2.18. The zero-order chi connectivity index (χ0) is 18.8. The van der Waals surface area contributed by atoms with Crippen molar-refractivity contribution in [3.63, 3.8) is 0 Å². The van der Waals surface area contributed by atoms with Crippen molar-refractivity contribution in [2.24, 2.45) is 0 Å². The van der Waals surface area contributed by atoms with Gasteiger partial charge in [-0.3, -0.25) is 4.79 Å². The molecule has 1 aromatic heterocycles. The zero-order valence-corrected chi connectivity index (χ0v) is 16.5. The van der Waals surface area contributed by atoms with Crippen LogP contribution in [0, 0.1) is 6.92 Å². The van der Waals surface area contributed by atoms with Crippen LogP contribution in [-0.2, 0) is 4.79 Å². The van der Waals surface area contributed by atoms with Crippen molar-refractivity contribution >= 4 is 27.5 Å². The fraction of sp³-hybridized carbons (Fsp3) is 0.364. The average Bonchev–Trinajstić information content (AvgIpc) is 3.12. The molecule has 140 valence electrons. The van der Waals surface area contributed by atoms with Gasteiger partial charge in [0, 0.05) is 19.0 Å². The Kier molecular flexibility index (Phi) is 5.12. The van der Waals surface area contributed by atoms with Gasteiger partial charge in [-0.15, -0.1) is 11.3 Å². The first-order chi connectivity index (χ1) is 13.1. The van der Waals surface area contributed by atoms with Crippen molar-refractivity contribution in [2.45, 2.75) is 38.7 Å². The van der Waals surface area contributed by atoms with E-state index in [1.165, 1.54) is 4.70 Å². The Morgan fingerprint density at radius 3 is 2.93 bits per heavy atom. The Hall–Kier alpha value is -2.40. The molecule has 0 radical (unpaired) electrons. The molecule has 2 aromatic carbocycles. The molecule has 1 saturated heterocycles. The first kappa shape index (κ1) is 18.0. The van der Waals surface area contributed by atoms with E-state index in [4.69, 9.17) is 9.72 Å². The van der Waals surface area contributed by atoms with Gasteiger partial charge in [0.1, 0.15) is 5.75 Å². The normalized spacial score (nSPS) is 18.4. The lowest BCUT2D eigenvalue weighted by Gasteiger charge is -2.33. The van der Waals surface area contributed by atoms with E-state index in [-0.39, 0.29) is 5.91 Å². The number of hydrogen-bond acceptors (Lipinski definition) is 4. The summed E-state index contributed by atoms with van der Waals surface area (Å²) in [4.78, 5) is 19.7. The number of carbonyl (C=O) groups excluding carboxylic acids is 1. The number of thiazole rings is 1. The van der Waals surface area contributed by atoms with E-state index in [1.807, 2.05) is 55.1 Å². The Morgan fingerprint density at radius 2 is 2.11 bits per heavy atom. The number of benzene rings is 2. The Labute approximate surface area is 163 Å². The number of piperidine rings is 1. The highest BCUT2D eigenvalue weighted by Crippen LogP contribution is 2.33. The summed E-state index contributed by atoms with van der Waals surface area (Å²) in [6.45, 7) is 5.38. The third-order valence-electron chi connectivity index (χ3n) is 5.04. The predicted molar refractivity (Wildman–Crippen MR) is 109 cm³/mol. The molecule has 0 aliphatic carbocycles. The van der Waals surface area contributed by atoms with Crippen molar-refractivity contribution < 1.29 is 9.53 Å². The van der Waals surface area contributed by atoms with Gasteiger partial charge in [0.25, 0.3) is 5.91 Å². The van der Waals surface area contributed by atoms with Gasteiger partial charge in [-0.2, -0.15) is 0 Å². The second-order valence-electron chi connectivity index (χ2n) is 7.22. The highest BCUT2D eigenvalue weighted by molar-refractivity contribution is 7.18. The van der Waals surface area contributed by atoms with Crippen molar-refractivity contribution in [3.05, 3.63) is 59.1 Å². The molecule has 4 rings (SSSR count).